The maximum atomic E-state index is 9.71. The Labute approximate surface area is 144 Å². The quantitative estimate of drug-likeness (QED) is 0.315. The lowest BCUT2D eigenvalue weighted by atomic mass is 9.85. The second-order valence-corrected chi connectivity index (χ2v) is 7.50. The Morgan fingerprint density at radius 1 is 0.783 bits per heavy atom. The second kappa shape index (κ2) is 14.0. The van der Waals surface area contributed by atoms with Gasteiger partial charge in [-0.1, -0.05) is 82.8 Å². The zero-order chi connectivity index (χ0) is 16.8. The van der Waals surface area contributed by atoms with Crippen molar-refractivity contribution in [1.29, 1.82) is 0 Å². The summed E-state index contributed by atoms with van der Waals surface area (Å²) in [5.74, 6) is 0.691. The highest BCUT2D eigenvalue weighted by Gasteiger charge is 2.17. The monoisotopic (exact) mass is 324 g/mol. The standard InChI is InChI=1S/C21H40O2/c1-19-15-16-21(23)18-20(19)14-12-10-8-6-4-2-3-5-7-9-11-13-17-22/h18-19,21-23H,2-17H2,1H3. The number of hydrogen-bond donors (Lipinski definition) is 2. The summed E-state index contributed by atoms with van der Waals surface area (Å²) >= 11 is 0. The summed E-state index contributed by atoms with van der Waals surface area (Å²) < 4.78 is 0. The molecule has 2 atom stereocenters. The highest BCUT2D eigenvalue weighted by molar-refractivity contribution is 5.11. The molecule has 1 aliphatic carbocycles. The van der Waals surface area contributed by atoms with Gasteiger partial charge in [-0.05, 0) is 38.0 Å². The molecular formula is C21H40O2. The fourth-order valence-electron chi connectivity index (χ4n) is 3.64. The molecule has 0 radical (unpaired) electrons. The SMILES string of the molecule is CC1CCC(O)C=C1CCCCCCCCCCCCCCO. The van der Waals surface area contributed by atoms with E-state index in [1.807, 2.05) is 0 Å². The summed E-state index contributed by atoms with van der Waals surface area (Å²) in [6, 6.07) is 0. The van der Waals surface area contributed by atoms with Gasteiger partial charge in [0.2, 0.25) is 0 Å². The van der Waals surface area contributed by atoms with Gasteiger partial charge in [-0.3, -0.25) is 0 Å². The summed E-state index contributed by atoms with van der Waals surface area (Å²) in [4.78, 5) is 0. The summed E-state index contributed by atoms with van der Waals surface area (Å²) in [5, 5.41) is 18.4. The van der Waals surface area contributed by atoms with Crippen LogP contribution in [0.5, 0.6) is 0 Å². The third-order valence-corrected chi connectivity index (χ3v) is 5.31. The Balaban J connectivity index is 1.83. The van der Waals surface area contributed by atoms with Gasteiger partial charge in [-0.15, -0.1) is 0 Å². The van der Waals surface area contributed by atoms with Gasteiger partial charge in [0.05, 0.1) is 6.10 Å². The van der Waals surface area contributed by atoms with Gasteiger partial charge < -0.3 is 10.2 Å². The van der Waals surface area contributed by atoms with E-state index in [1.54, 1.807) is 0 Å². The lowest BCUT2D eigenvalue weighted by Crippen LogP contribution is -2.15. The van der Waals surface area contributed by atoms with Crippen LogP contribution in [0.25, 0.3) is 0 Å². The number of aliphatic hydroxyl groups is 2. The van der Waals surface area contributed by atoms with Crippen LogP contribution in [0.3, 0.4) is 0 Å². The number of hydrogen-bond acceptors (Lipinski definition) is 2. The van der Waals surface area contributed by atoms with Crippen LogP contribution in [-0.2, 0) is 0 Å². The lowest BCUT2D eigenvalue weighted by Gasteiger charge is -2.23. The minimum atomic E-state index is -0.176. The molecule has 0 aromatic carbocycles. The summed E-state index contributed by atoms with van der Waals surface area (Å²) in [6.45, 7) is 2.66. The Hall–Kier alpha value is -0.340. The van der Waals surface area contributed by atoms with Crippen LogP contribution in [-0.4, -0.2) is 22.9 Å². The van der Waals surface area contributed by atoms with Gasteiger partial charge in [0.15, 0.2) is 0 Å². The van der Waals surface area contributed by atoms with Crippen molar-refractivity contribution >= 4 is 0 Å². The molecule has 2 N–H and O–H groups in total. The second-order valence-electron chi connectivity index (χ2n) is 7.50. The first-order valence-electron chi connectivity index (χ1n) is 10.2. The Bertz CT molecular complexity index is 298. The minimum absolute atomic E-state index is 0.176. The fraction of sp³-hybridized carbons (Fsp3) is 0.905. The van der Waals surface area contributed by atoms with Crippen molar-refractivity contribution in [2.45, 2.75) is 109 Å². The Morgan fingerprint density at radius 3 is 1.78 bits per heavy atom. The third-order valence-electron chi connectivity index (χ3n) is 5.31. The molecule has 0 heterocycles. The van der Waals surface area contributed by atoms with E-state index in [1.165, 1.54) is 82.6 Å². The largest absolute Gasteiger partial charge is 0.396 e. The molecule has 0 spiro atoms. The molecule has 0 saturated carbocycles. The first-order chi connectivity index (χ1) is 11.2. The van der Waals surface area contributed by atoms with Crippen molar-refractivity contribution < 1.29 is 10.2 Å². The van der Waals surface area contributed by atoms with Crippen LogP contribution >= 0.6 is 0 Å². The topological polar surface area (TPSA) is 40.5 Å². The van der Waals surface area contributed by atoms with Crippen LogP contribution in [0.2, 0.25) is 0 Å². The van der Waals surface area contributed by atoms with E-state index in [9.17, 15) is 5.11 Å². The van der Waals surface area contributed by atoms with Crippen molar-refractivity contribution in [3.63, 3.8) is 0 Å². The van der Waals surface area contributed by atoms with E-state index < -0.39 is 0 Å². The molecule has 0 bridgehead atoms. The van der Waals surface area contributed by atoms with E-state index in [4.69, 9.17) is 5.11 Å². The van der Waals surface area contributed by atoms with E-state index in [2.05, 4.69) is 13.0 Å². The van der Waals surface area contributed by atoms with Crippen molar-refractivity contribution in [3.05, 3.63) is 11.6 Å². The van der Waals surface area contributed by atoms with E-state index >= 15 is 0 Å². The van der Waals surface area contributed by atoms with Crippen molar-refractivity contribution in [2.24, 2.45) is 5.92 Å². The highest BCUT2D eigenvalue weighted by atomic mass is 16.3. The van der Waals surface area contributed by atoms with Crippen LogP contribution in [0, 0.1) is 5.92 Å². The van der Waals surface area contributed by atoms with Gasteiger partial charge in [0.25, 0.3) is 0 Å². The zero-order valence-electron chi connectivity index (χ0n) is 15.4. The van der Waals surface area contributed by atoms with Gasteiger partial charge >= 0.3 is 0 Å². The summed E-state index contributed by atoms with van der Waals surface area (Å²) in [6.07, 6.45) is 21.0. The molecule has 136 valence electrons. The maximum Gasteiger partial charge on any atom is 0.0723 e. The Morgan fingerprint density at radius 2 is 1.26 bits per heavy atom. The lowest BCUT2D eigenvalue weighted by molar-refractivity contribution is 0.192. The molecule has 23 heavy (non-hydrogen) atoms. The fourth-order valence-corrected chi connectivity index (χ4v) is 3.64. The van der Waals surface area contributed by atoms with E-state index in [0.29, 0.717) is 12.5 Å². The molecule has 0 aliphatic heterocycles. The molecule has 2 heteroatoms. The smallest absolute Gasteiger partial charge is 0.0723 e. The number of allylic oxidation sites excluding steroid dienone is 1. The van der Waals surface area contributed by atoms with Gasteiger partial charge in [-0.25, -0.2) is 0 Å². The zero-order valence-corrected chi connectivity index (χ0v) is 15.4. The van der Waals surface area contributed by atoms with Gasteiger partial charge in [0, 0.05) is 6.61 Å². The van der Waals surface area contributed by atoms with Crippen molar-refractivity contribution in [1.82, 2.24) is 0 Å². The predicted molar refractivity (Wildman–Crippen MR) is 99.6 cm³/mol. The third kappa shape index (κ3) is 10.9. The first kappa shape index (κ1) is 20.7. The maximum absolute atomic E-state index is 9.71. The highest BCUT2D eigenvalue weighted by Crippen LogP contribution is 2.28. The molecule has 0 aromatic rings. The molecule has 1 aliphatic rings. The normalized spacial score (nSPS) is 21.4. The van der Waals surface area contributed by atoms with Gasteiger partial charge in [-0.2, -0.15) is 0 Å². The number of aliphatic hydroxyl groups excluding tert-OH is 2. The van der Waals surface area contributed by atoms with Crippen molar-refractivity contribution in [3.8, 4) is 0 Å². The minimum Gasteiger partial charge on any atom is -0.396 e. The molecular weight excluding hydrogens is 284 g/mol. The van der Waals surface area contributed by atoms with Gasteiger partial charge in [0.1, 0.15) is 0 Å². The summed E-state index contributed by atoms with van der Waals surface area (Å²) in [5.41, 5.74) is 1.50. The average molecular weight is 325 g/mol. The molecule has 0 fully saturated rings. The summed E-state index contributed by atoms with van der Waals surface area (Å²) in [7, 11) is 0. The number of unbranched alkanes of at least 4 members (excludes halogenated alkanes) is 11. The van der Waals surface area contributed by atoms with E-state index in [0.717, 1.165) is 19.3 Å². The van der Waals surface area contributed by atoms with Crippen LogP contribution in [0.4, 0.5) is 0 Å². The number of rotatable bonds is 14. The average Bonchev–Trinajstić information content (AvgIpc) is 2.55. The molecule has 0 aromatic heterocycles. The molecule has 0 saturated heterocycles. The molecule has 0 amide bonds. The first-order valence-corrected chi connectivity index (χ1v) is 10.2. The molecule has 2 nitrogen and oxygen atoms in total. The van der Waals surface area contributed by atoms with Crippen LogP contribution < -0.4 is 0 Å². The Kier molecular flexibility index (Phi) is 12.6. The molecule has 1 rings (SSSR count). The van der Waals surface area contributed by atoms with Crippen molar-refractivity contribution in [2.75, 3.05) is 6.61 Å². The van der Waals surface area contributed by atoms with E-state index in [-0.39, 0.29) is 6.10 Å². The molecule has 2 unspecified atom stereocenters. The van der Waals surface area contributed by atoms with Crippen LogP contribution in [0.1, 0.15) is 103 Å². The predicted octanol–water partition coefficient (Wildman–Crippen LogP) is 5.77. The van der Waals surface area contributed by atoms with Crippen LogP contribution in [0.15, 0.2) is 11.6 Å².